The van der Waals surface area contributed by atoms with Gasteiger partial charge in [-0.3, -0.25) is 9.59 Å². The average molecular weight is 413 g/mol. The summed E-state index contributed by atoms with van der Waals surface area (Å²) < 4.78 is 0. The molecule has 4 fully saturated rings. The Bertz CT molecular complexity index is 747. The standard InChI is InChI=1S/C23H32O4.K.H/c1-21-7-3-13(24)11-18(21)14-12-15(14)20-16(21)4-8-22(2)17(20)5-9-23(22,27)10-6-19(25)26;;/h11,14-17,20,27H,3-10,12H2,1-2H3,(H,25,26);;/t14-,15+,16+,17+,20-,21-,22+,23-;;/m1../s1. The van der Waals surface area contributed by atoms with E-state index in [0.29, 0.717) is 48.2 Å². The van der Waals surface area contributed by atoms with Gasteiger partial charge < -0.3 is 10.2 Å². The van der Waals surface area contributed by atoms with Crippen molar-refractivity contribution in [3.8, 4) is 0 Å². The van der Waals surface area contributed by atoms with Crippen molar-refractivity contribution in [2.75, 3.05) is 0 Å². The monoisotopic (exact) mass is 412 g/mol. The number of fused-ring (bicyclic) bond motifs is 8. The number of carboxylic acids is 1. The molecule has 0 heterocycles. The van der Waals surface area contributed by atoms with Crippen molar-refractivity contribution in [2.45, 2.75) is 77.2 Å². The van der Waals surface area contributed by atoms with Crippen LogP contribution in [0.4, 0.5) is 0 Å². The number of aliphatic hydroxyl groups is 1. The van der Waals surface area contributed by atoms with Crippen molar-refractivity contribution in [1.29, 1.82) is 0 Å². The maximum atomic E-state index is 12.1. The summed E-state index contributed by atoms with van der Waals surface area (Å²) in [6.07, 6.45) is 9.22. The van der Waals surface area contributed by atoms with Gasteiger partial charge in [0, 0.05) is 12.8 Å². The van der Waals surface area contributed by atoms with Crippen LogP contribution in [0.1, 0.15) is 71.6 Å². The molecular weight excluding hydrogens is 379 g/mol. The van der Waals surface area contributed by atoms with Crippen molar-refractivity contribution in [3.05, 3.63) is 11.6 Å². The van der Waals surface area contributed by atoms with Crippen LogP contribution in [0.2, 0.25) is 0 Å². The number of hydrogen-bond acceptors (Lipinski definition) is 3. The van der Waals surface area contributed by atoms with E-state index in [1.54, 1.807) is 0 Å². The third-order valence-corrected chi connectivity index (χ3v) is 9.83. The number of carboxylic acid groups (broad SMARTS) is 1. The van der Waals surface area contributed by atoms with E-state index in [1.807, 2.05) is 6.08 Å². The van der Waals surface area contributed by atoms with Crippen LogP contribution in [-0.4, -0.2) is 79.0 Å². The molecule has 0 aromatic rings. The van der Waals surface area contributed by atoms with Crippen molar-refractivity contribution < 1.29 is 19.8 Å². The molecule has 0 spiro atoms. The SMILES string of the molecule is C[C@]12CCC(=O)C=C1[C@@H]1C[C@@H]1[C@@H]1[C@@H]2CC[C@@]2(C)[C@H]1CC[C@@]2(O)CCC(=O)O.[KH]. The van der Waals surface area contributed by atoms with Crippen LogP contribution in [0, 0.1) is 40.4 Å². The first-order valence-corrected chi connectivity index (χ1v) is 10.9. The molecule has 0 aromatic heterocycles. The van der Waals surface area contributed by atoms with Crippen LogP contribution in [0.3, 0.4) is 0 Å². The third kappa shape index (κ3) is 2.86. The molecule has 0 bridgehead atoms. The van der Waals surface area contributed by atoms with Crippen LogP contribution < -0.4 is 0 Å². The molecule has 0 aromatic carbocycles. The molecule has 4 saturated carbocycles. The van der Waals surface area contributed by atoms with Gasteiger partial charge in [-0.2, -0.15) is 0 Å². The maximum absolute atomic E-state index is 12.1. The summed E-state index contributed by atoms with van der Waals surface area (Å²) in [7, 11) is 0. The number of aliphatic carboxylic acids is 1. The molecule has 2 N–H and O–H groups in total. The van der Waals surface area contributed by atoms with E-state index in [4.69, 9.17) is 5.11 Å². The summed E-state index contributed by atoms with van der Waals surface area (Å²) in [4.78, 5) is 23.2. The first-order valence-electron chi connectivity index (χ1n) is 10.9. The molecule has 4 nitrogen and oxygen atoms in total. The summed E-state index contributed by atoms with van der Waals surface area (Å²) in [5.41, 5.74) is 0.635. The minimum absolute atomic E-state index is 0. The molecule has 150 valence electrons. The predicted octanol–water partition coefficient (Wildman–Crippen LogP) is 3.32. The minimum atomic E-state index is -0.828. The Kier molecular flexibility index (Phi) is 5.42. The first-order chi connectivity index (χ1) is 12.7. The molecule has 0 amide bonds. The Morgan fingerprint density at radius 1 is 1.18 bits per heavy atom. The Hall–Kier alpha value is 0.476. The van der Waals surface area contributed by atoms with Crippen molar-refractivity contribution in [2.24, 2.45) is 40.4 Å². The second-order valence-corrected chi connectivity index (χ2v) is 10.7. The fraction of sp³-hybridized carbons (Fsp3) is 0.826. The summed E-state index contributed by atoms with van der Waals surface area (Å²) in [6, 6.07) is 0. The van der Waals surface area contributed by atoms with Crippen molar-refractivity contribution >= 4 is 63.1 Å². The summed E-state index contributed by atoms with van der Waals surface area (Å²) in [5, 5.41) is 20.6. The molecule has 8 atom stereocenters. The van der Waals surface area contributed by atoms with Crippen LogP contribution in [0.25, 0.3) is 0 Å². The second kappa shape index (κ2) is 6.99. The Morgan fingerprint density at radius 2 is 1.89 bits per heavy atom. The van der Waals surface area contributed by atoms with Gasteiger partial charge in [-0.25, -0.2) is 0 Å². The van der Waals surface area contributed by atoms with Gasteiger partial charge in [-0.05, 0) is 91.4 Å². The fourth-order valence-electron chi connectivity index (χ4n) is 8.24. The Balaban J connectivity index is 0.00000192. The van der Waals surface area contributed by atoms with Gasteiger partial charge in [-0.1, -0.05) is 19.4 Å². The number of ketones is 1. The number of carbonyl (C=O) groups is 2. The molecule has 0 aliphatic heterocycles. The molecule has 0 unspecified atom stereocenters. The van der Waals surface area contributed by atoms with Gasteiger partial charge in [0.2, 0.25) is 0 Å². The number of allylic oxidation sites excluding steroid dienone is 1. The van der Waals surface area contributed by atoms with Crippen molar-refractivity contribution in [1.82, 2.24) is 0 Å². The molecular formula is C23H33KO4. The first kappa shape index (κ1) is 21.7. The van der Waals surface area contributed by atoms with E-state index < -0.39 is 11.6 Å². The van der Waals surface area contributed by atoms with E-state index in [2.05, 4.69) is 13.8 Å². The van der Waals surface area contributed by atoms with Crippen LogP contribution in [0.15, 0.2) is 11.6 Å². The molecule has 5 heteroatoms. The zero-order chi connectivity index (χ0) is 19.2. The summed E-state index contributed by atoms with van der Waals surface area (Å²) in [5.74, 6) is 2.56. The predicted molar refractivity (Wildman–Crippen MR) is 108 cm³/mol. The Morgan fingerprint density at radius 3 is 2.61 bits per heavy atom. The van der Waals surface area contributed by atoms with E-state index in [0.717, 1.165) is 32.1 Å². The third-order valence-electron chi connectivity index (χ3n) is 9.83. The van der Waals surface area contributed by atoms with E-state index in [1.165, 1.54) is 12.0 Å². The topological polar surface area (TPSA) is 74.6 Å². The zero-order valence-electron chi connectivity index (χ0n) is 16.5. The normalized spacial score (nSPS) is 51.0. The Labute approximate surface area is 210 Å². The van der Waals surface area contributed by atoms with E-state index >= 15 is 0 Å². The summed E-state index contributed by atoms with van der Waals surface area (Å²) in [6.45, 7) is 4.66. The van der Waals surface area contributed by atoms with Crippen molar-refractivity contribution in [3.63, 3.8) is 0 Å². The van der Waals surface area contributed by atoms with Gasteiger partial charge >= 0.3 is 57.4 Å². The second-order valence-electron chi connectivity index (χ2n) is 10.7. The van der Waals surface area contributed by atoms with Gasteiger partial charge in [0.25, 0.3) is 0 Å². The number of rotatable bonds is 3. The summed E-state index contributed by atoms with van der Waals surface area (Å²) >= 11 is 0. The molecule has 5 aliphatic rings. The number of carbonyl (C=O) groups excluding carboxylic acids is 1. The van der Waals surface area contributed by atoms with Gasteiger partial charge in [0.1, 0.15) is 0 Å². The van der Waals surface area contributed by atoms with Gasteiger partial charge in [0.05, 0.1) is 5.60 Å². The average Bonchev–Trinajstić information content (AvgIpc) is 3.35. The van der Waals surface area contributed by atoms with Gasteiger partial charge in [-0.15, -0.1) is 0 Å². The van der Waals surface area contributed by atoms with Crippen LogP contribution in [0.5, 0.6) is 0 Å². The number of hydrogen-bond donors (Lipinski definition) is 2. The fourth-order valence-corrected chi connectivity index (χ4v) is 8.24. The molecule has 5 aliphatic carbocycles. The van der Waals surface area contributed by atoms with Crippen LogP contribution >= 0.6 is 0 Å². The molecule has 0 radical (unpaired) electrons. The van der Waals surface area contributed by atoms with E-state index in [-0.39, 0.29) is 68.6 Å². The molecule has 28 heavy (non-hydrogen) atoms. The van der Waals surface area contributed by atoms with Gasteiger partial charge in [0.15, 0.2) is 5.78 Å². The van der Waals surface area contributed by atoms with Crippen LogP contribution in [-0.2, 0) is 9.59 Å². The van der Waals surface area contributed by atoms with E-state index in [9.17, 15) is 14.7 Å². The zero-order valence-corrected chi connectivity index (χ0v) is 16.5. The molecule has 0 saturated heterocycles. The quantitative estimate of drug-likeness (QED) is 0.698. The molecule has 5 rings (SSSR count).